The van der Waals surface area contributed by atoms with Gasteiger partial charge < -0.3 is 18.9 Å². The van der Waals surface area contributed by atoms with Crippen LogP contribution >= 0.6 is 7.82 Å². The van der Waals surface area contributed by atoms with Crippen molar-refractivity contribution in [3.8, 4) is 0 Å². The minimum atomic E-state index is -4.40. The zero-order valence-corrected chi connectivity index (χ0v) is 66.2. The van der Waals surface area contributed by atoms with Crippen LogP contribution in [0.15, 0.2) is 97.2 Å². The summed E-state index contributed by atoms with van der Waals surface area (Å²) >= 11 is 0. The second kappa shape index (κ2) is 78.1. The number of ether oxygens (including phenoxy) is 2. The molecule has 2 atom stereocenters. The first-order chi connectivity index (χ1) is 48.0. The maximum Gasteiger partial charge on any atom is 0.472 e. The molecule has 0 saturated heterocycles. The van der Waals surface area contributed by atoms with Gasteiger partial charge in [-0.3, -0.25) is 18.6 Å². The monoisotopic (exact) mass is 1390 g/mol. The van der Waals surface area contributed by atoms with Gasteiger partial charge in [-0.2, -0.15) is 0 Å². The van der Waals surface area contributed by atoms with Crippen molar-refractivity contribution in [3.63, 3.8) is 0 Å². The molecule has 0 saturated carbocycles. The Morgan fingerprint density at radius 2 is 0.582 bits per heavy atom. The lowest BCUT2D eigenvalue weighted by Gasteiger charge is -2.24. The Morgan fingerprint density at radius 3 is 0.878 bits per heavy atom. The molecule has 0 aliphatic heterocycles. The van der Waals surface area contributed by atoms with E-state index < -0.39 is 26.5 Å². The highest BCUT2D eigenvalue weighted by molar-refractivity contribution is 7.47. The smallest absolute Gasteiger partial charge is 0.462 e. The summed E-state index contributed by atoms with van der Waals surface area (Å²) in [4.78, 5) is 36.0. The third-order valence-electron chi connectivity index (χ3n) is 18.6. The molecular formula is C88H161NO8P+. The highest BCUT2D eigenvalue weighted by atomic mass is 31.2. The van der Waals surface area contributed by atoms with Crippen molar-refractivity contribution in [3.05, 3.63) is 97.2 Å². The van der Waals surface area contributed by atoms with E-state index in [4.69, 9.17) is 18.5 Å². The van der Waals surface area contributed by atoms with Gasteiger partial charge in [-0.25, -0.2) is 4.57 Å². The van der Waals surface area contributed by atoms with Crippen molar-refractivity contribution in [2.75, 3.05) is 47.5 Å². The molecule has 0 heterocycles. The number of phosphoric ester groups is 1. The number of carbonyl (C=O) groups is 2. The zero-order valence-electron chi connectivity index (χ0n) is 65.3. The largest absolute Gasteiger partial charge is 0.472 e. The summed E-state index contributed by atoms with van der Waals surface area (Å²) in [5.74, 6) is -0.777. The van der Waals surface area contributed by atoms with Gasteiger partial charge in [0.15, 0.2) is 6.10 Å². The summed E-state index contributed by atoms with van der Waals surface area (Å²) in [6.07, 6.45) is 110. The number of hydrogen-bond acceptors (Lipinski definition) is 7. The molecule has 0 fully saturated rings. The average molecular weight is 1390 g/mol. The lowest BCUT2D eigenvalue weighted by Crippen LogP contribution is -2.37. The van der Waals surface area contributed by atoms with E-state index in [-0.39, 0.29) is 25.6 Å². The van der Waals surface area contributed by atoms with Gasteiger partial charge in [0.05, 0.1) is 27.7 Å². The van der Waals surface area contributed by atoms with Crippen LogP contribution in [-0.2, 0) is 32.7 Å². The van der Waals surface area contributed by atoms with Gasteiger partial charge in [0.2, 0.25) is 0 Å². The van der Waals surface area contributed by atoms with Crippen LogP contribution < -0.4 is 0 Å². The first-order valence-corrected chi connectivity index (χ1v) is 43.5. The maximum atomic E-state index is 12.9. The van der Waals surface area contributed by atoms with Crippen molar-refractivity contribution in [1.29, 1.82) is 0 Å². The predicted octanol–water partition coefficient (Wildman–Crippen LogP) is 28.2. The minimum Gasteiger partial charge on any atom is -0.462 e. The molecule has 0 rings (SSSR count). The molecule has 0 aromatic rings. The fraction of sp³-hybridized carbons (Fsp3) is 0.795. The number of esters is 2. The van der Waals surface area contributed by atoms with Crippen molar-refractivity contribution < 1.29 is 42.1 Å². The van der Waals surface area contributed by atoms with Gasteiger partial charge in [-0.1, -0.05) is 387 Å². The number of allylic oxidation sites excluding steroid dienone is 16. The molecule has 0 spiro atoms. The van der Waals surface area contributed by atoms with E-state index in [9.17, 15) is 19.0 Å². The molecule has 0 bridgehead atoms. The molecule has 0 aliphatic rings. The highest BCUT2D eigenvalue weighted by Crippen LogP contribution is 2.43. The molecule has 1 N–H and O–H groups in total. The third-order valence-corrected chi connectivity index (χ3v) is 19.6. The Hall–Kier alpha value is -3.07. The van der Waals surface area contributed by atoms with Crippen molar-refractivity contribution in [1.82, 2.24) is 0 Å². The summed E-state index contributed by atoms with van der Waals surface area (Å²) in [5.41, 5.74) is 0. The van der Waals surface area contributed by atoms with Crippen molar-refractivity contribution >= 4 is 19.8 Å². The van der Waals surface area contributed by atoms with Crippen LogP contribution in [0, 0.1) is 0 Å². The quantitative estimate of drug-likeness (QED) is 0.0211. The second-order valence-corrected chi connectivity index (χ2v) is 30.9. The first kappa shape index (κ1) is 94.9. The van der Waals surface area contributed by atoms with Gasteiger partial charge >= 0.3 is 19.8 Å². The van der Waals surface area contributed by atoms with E-state index in [1.54, 1.807) is 0 Å². The highest BCUT2D eigenvalue weighted by Gasteiger charge is 2.27. The van der Waals surface area contributed by atoms with E-state index in [1.165, 1.54) is 289 Å². The van der Waals surface area contributed by atoms with E-state index in [1.807, 2.05) is 21.1 Å². The molecule has 0 radical (unpaired) electrons. The lowest BCUT2D eigenvalue weighted by molar-refractivity contribution is -0.870. The van der Waals surface area contributed by atoms with Crippen LogP contribution in [0.2, 0.25) is 0 Å². The number of quaternary nitrogens is 1. The summed E-state index contributed by atoms with van der Waals surface area (Å²) in [7, 11) is 1.49. The molecule has 98 heavy (non-hydrogen) atoms. The van der Waals surface area contributed by atoms with Crippen LogP contribution in [0.25, 0.3) is 0 Å². The average Bonchev–Trinajstić information content (AvgIpc) is 1.08. The van der Waals surface area contributed by atoms with Crippen LogP contribution in [0.1, 0.15) is 399 Å². The Kier molecular flexibility index (Phi) is 75.6. The topological polar surface area (TPSA) is 108 Å². The SMILES string of the molecule is CC/C=C\C/C=C\C/C=C\C/C=C\C/C=C\C/C=C\C/C=C\CCCCCCCCCCCCCCCCCCCCCC(=O)OC(COC(=O)CCCCCCCCCCCCCCCCCCCCCCC/C=C\CCCCCCCCCC)COP(=O)(O)OCC[N+](C)(C)C. The van der Waals surface area contributed by atoms with Gasteiger partial charge in [0.1, 0.15) is 19.8 Å². The molecular weight excluding hydrogens is 1230 g/mol. The third kappa shape index (κ3) is 81.9. The fourth-order valence-corrected chi connectivity index (χ4v) is 13.0. The fourth-order valence-electron chi connectivity index (χ4n) is 12.2. The summed E-state index contributed by atoms with van der Waals surface area (Å²) < 4.78 is 34.9. The van der Waals surface area contributed by atoms with Crippen LogP contribution in [0.4, 0.5) is 0 Å². The Morgan fingerprint density at radius 1 is 0.327 bits per heavy atom. The second-order valence-electron chi connectivity index (χ2n) is 29.5. The van der Waals surface area contributed by atoms with Crippen molar-refractivity contribution in [2.24, 2.45) is 0 Å². The van der Waals surface area contributed by atoms with Crippen molar-refractivity contribution in [2.45, 2.75) is 405 Å². The molecule has 0 aromatic carbocycles. The van der Waals surface area contributed by atoms with Gasteiger partial charge in [0.25, 0.3) is 0 Å². The number of rotatable bonds is 78. The standard InChI is InChI=1S/C88H160NO8P/c1-6-8-10-12-14-16-18-20-22-24-26-28-30-32-34-36-38-40-41-42-43-44-45-46-47-49-51-53-55-57-59-61-63-65-67-69-71-73-75-77-79-81-88(91)97-86(85-96-98(92,93)95-83-82-89(3,4)5)84-94-87(90)80-78-76-74-72-70-68-66-64-62-60-58-56-54-52-50-48-39-37-35-33-31-29-27-25-23-21-19-17-15-13-11-9-7-2/h8,10,14,16,20,22,25-28,32,34,38,40,42-43,86H,6-7,9,11-13,15,17-19,21,23-24,29-31,33,35-37,39,41,44-85H2,1-5H3/p+1/b10-8-,16-14-,22-20-,27-25-,28-26-,34-32-,40-38-,43-42-. The Balaban J connectivity index is 3.92. The summed E-state index contributed by atoms with van der Waals surface area (Å²) in [6, 6.07) is 0. The van der Waals surface area contributed by atoms with Crippen LogP contribution in [0.5, 0.6) is 0 Å². The maximum absolute atomic E-state index is 12.9. The number of nitrogens with zero attached hydrogens (tertiary/aromatic N) is 1. The molecule has 570 valence electrons. The minimum absolute atomic E-state index is 0.0322. The normalized spacial score (nSPS) is 13.5. The first-order valence-electron chi connectivity index (χ1n) is 42.0. The number of hydrogen-bond donors (Lipinski definition) is 1. The Labute approximate surface area is 608 Å². The number of unbranched alkanes of at least 4 members (excludes halogenated alkanes) is 48. The molecule has 9 nitrogen and oxygen atoms in total. The number of phosphoric acid groups is 1. The number of carbonyl (C=O) groups excluding carboxylic acids is 2. The molecule has 0 aliphatic carbocycles. The molecule has 2 unspecified atom stereocenters. The van der Waals surface area contributed by atoms with E-state index in [2.05, 4.69) is 111 Å². The zero-order chi connectivity index (χ0) is 71.1. The van der Waals surface area contributed by atoms with E-state index in [0.717, 1.165) is 77.0 Å². The van der Waals surface area contributed by atoms with Crippen LogP contribution in [0.3, 0.4) is 0 Å². The molecule has 0 aromatic heterocycles. The van der Waals surface area contributed by atoms with Gasteiger partial charge in [0, 0.05) is 12.8 Å². The van der Waals surface area contributed by atoms with Gasteiger partial charge in [-0.05, 0) is 96.3 Å². The van der Waals surface area contributed by atoms with E-state index >= 15 is 0 Å². The molecule has 0 amide bonds. The van der Waals surface area contributed by atoms with Crippen LogP contribution in [-0.4, -0.2) is 74.9 Å². The lowest BCUT2D eigenvalue weighted by atomic mass is 10.0. The summed E-state index contributed by atoms with van der Waals surface area (Å²) in [5, 5.41) is 0. The Bertz CT molecular complexity index is 1980. The van der Waals surface area contributed by atoms with E-state index in [0.29, 0.717) is 23.9 Å². The predicted molar refractivity (Wildman–Crippen MR) is 427 cm³/mol. The van der Waals surface area contributed by atoms with Gasteiger partial charge in [-0.15, -0.1) is 0 Å². The molecule has 10 heteroatoms. The number of likely N-dealkylation sites (N-methyl/N-ethyl adjacent to an activating group) is 1. The summed E-state index contributed by atoms with van der Waals surface area (Å²) in [6.45, 7) is 4.38.